The molecular formula is C18H22N4O4. The third kappa shape index (κ3) is 5.44. The average Bonchev–Trinajstić information content (AvgIpc) is 3.00. The quantitative estimate of drug-likeness (QED) is 0.584. The van der Waals surface area contributed by atoms with Crippen molar-refractivity contribution in [3.05, 3.63) is 41.7 Å². The number of amides is 2. The smallest absolute Gasteiger partial charge is 0.269 e. The molecule has 2 N–H and O–H groups in total. The van der Waals surface area contributed by atoms with Gasteiger partial charge in [0.25, 0.3) is 5.91 Å². The molecule has 26 heavy (non-hydrogen) atoms. The van der Waals surface area contributed by atoms with Gasteiger partial charge in [-0.1, -0.05) is 29.4 Å². The first-order valence-electron chi connectivity index (χ1n) is 8.21. The highest BCUT2D eigenvalue weighted by atomic mass is 16.6. The third-order valence-corrected chi connectivity index (χ3v) is 3.48. The molecule has 2 aromatic rings. The number of aromatic nitrogens is 1. The van der Waals surface area contributed by atoms with Gasteiger partial charge in [0, 0.05) is 18.7 Å². The second-order valence-corrected chi connectivity index (χ2v) is 5.75. The molecule has 2 amide bonds. The highest BCUT2D eigenvalue weighted by Crippen LogP contribution is 2.12. The van der Waals surface area contributed by atoms with E-state index < -0.39 is 6.10 Å². The van der Waals surface area contributed by atoms with Gasteiger partial charge in [-0.2, -0.15) is 0 Å². The molecule has 0 aliphatic carbocycles. The molecule has 138 valence electrons. The highest BCUT2D eigenvalue weighted by Gasteiger charge is 2.19. The van der Waals surface area contributed by atoms with Gasteiger partial charge >= 0.3 is 0 Å². The Morgan fingerprint density at radius 3 is 2.46 bits per heavy atom. The second-order valence-electron chi connectivity index (χ2n) is 5.75. The molecule has 1 atom stereocenters. The Balaban J connectivity index is 1.98. The molecule has 0 aliphatic heterocycles. The first-order chi connectivity index (χ1) is 12.4. The lowest BCUT2D eigenvalue weighted by Crippen LogP contribution is -2.29. The fraction of sp³-hybridized carbons (Fsp3) is 0.333. The van der Waals surface area contributed by atoms with E-state index in [0.29, 0.717) is 29.4 Å². The maximum atomic E-state index is 12.2. The van der Waals surface area contributed by atoms with Gasteiger partial charge in [0.1, 0.15) is 5.76 Å². The lowest BCUT2D eigenvalue weighted by molar-refractivity contribution is -0.127. The number of benzene rings is 1. The molecule has 0 aliphatic rings. The first kappa shape index (κ1) is 19.2. The average molecular weight is 358 g/mol. The zero-order chi connectivity index (χ0) is 19.1. The van der Waals surface area contributed by atoms with E-state index in [2.05, 4.69) is 20.9 Å². The number of carbonyl (C=O) groups excluding carboxylic acids is 2. The number of hydrogen-bond donors (Lipinski definition) is 2. The molecule has 0 saturated heterocycles. The van der Waals surface area contributed by atoms with Gasteiger partial charge in [-0.05, 0) is 38.0 Å². The van der Waals surface area contributed by atoms with Crippen LogP contribution >= 0.6 is 0 Å². The van der Waals surface area contributed by atoms with Gasteiger partial charge in [0.2, 0.25) is 12.0 Å². The lowest BCUT2D eigenvalue weighted by Gasteiger charge is -2.12. The standard InChI is InChI=1S/C18H22N4O4/c1-5-16(18(24)20-17-10-11(2)25-22-17)26-21-12(3)14-6-8-15(9-7-14)19-13(4)23/h6-10,16H,5H2,1-4H3,(H,19,23)(H,20,22,24)/b21-12-. The predicted molar refractivity (Wildman–Crippen MR) is 98.0 cm³/mol. The van der Waals surface area contributed by atoms with Crippen LogP contribution in [-0.2, 0) is 14.4 Å². The third-order valence-electron chi connectivity index (χ3n) is 3.48. The van der Waals surface area contributed by atoms with Crippen LogP contribution in [0.15, 0.2) is 40.0 Å². The molecule has 8 heteroatoms. The molecule has 0 spiro atoms. The van der Waals surface area contributed by atoms with Crippen LogP contribution in [0.1, 0.15) is 38.5 Å². The Morgan fingerprint density at radius 1 is 1.23 bits per heavy atom. The summed E-state index contributed by atoms with van der Waals surface area (Å²) in [5.74, 6) is 0.457. The van der Waals surface area contributed by atoms with Crippen LogP contribution in [0.25, 0.3) is 0 Å². The fourth-order valence-corrected chi connectivity index (χ4v) is 2.13. The molecule has 1 aromatic carbocycles. The number of hydrogen-bond acceptors (Lipinski definition) is 6. The fourth-order valence-electron chi connectivity index (χ4n) is 2.13. The van der Waals surface area contributed by atoms with Crippen molar-refractivity contribution in [2.45, 2.75) is 40.2 Å². The second kappa shape index (κ2) is 8.80. The molecule has 0 fully saturated rings. The summed E-state index contributed by atoms with van der Waals surface area (Å²) in [6.45, 7) is 6.79. The Labute approximate surface area is 151 Å². The summed E-state index contributed by atoms with van der Waals surface area (Å²) in [5, 5.41) is 13.1. The summed E-state index contributed by atoms with van der Waals surface area (Å²) in [6, 6.07) is 8.79. The van der Waals surface area contributed by atoms with Crippen molar-refractivity contribution in [3.63, 3.8) is 0 Å². The van der Waals surface area contributed by atoms with Crippen molar-refractivity contribution < 1.29 is 18.9 Å². The van der Waals surface area contributed by atoms with E-state index in [0.717, 1.165) is 5.56 Å². The van der Waals surface area contributed by atoms with Crippen LogP contribution in [0.3, 0.4) is 0 Å². The predicted octanol–water partition coefficient (Wildman–Crippen LogP) is 3.10. The molecule has 1 aromatic heterocycles. The van der Waals surface area contributed by atoms with Crippen LogP contribution in [0.5, 0.6) is 0 Å². The Hall–Kier alpha value is -3.16. The topological polar surface area (TPSA) is 106 Å². The zero-order valence-corrected chi connectivity index (χ0v) is 15.2. The van der Waals surface area contributed by atoms with E-state index in [1.165, 1.54) is 6.92 Å². The number of anilines is 2. The monoisotopic (exact) mass is 358 g/mol. The minimum Gasteiger partial charge on any atom is -0.382 e. The SMILES string of the molecule is CCC(O/N=C(/C)c1ccc(NC(C)=O)cc1)C(=O)Nc1cc(C)on1. The Morgan fingerprint density at radius 2 is 1.92 bits per heavy atom. The number of nitrogens with one attached hydrogen (secondary N) is 2. The lowest BCUT2D eigenvalue weighted by atomic mass is 10.1. The summed E-state index contributed by atoms with van der Waals surface area (Å²) >= 11 is 0. The van der Waals surface area contributed by atoms with E-state index in [4.69, 9.17) is 9.36 Å². The van der Waals surface area contributed by atoms with Crippen LogP contribution in [0, 0.1) is 6.92 Å². The van der Waals surface area contributed by atoms with Crippen molar-refractivity contribution in [2.75, 3.05) is 10.6 Å². The van der Waals surface area contributed by atoms with Gasteiger partial charge in [-0.3, -0.25) is 9.59 Å². The molecule has 1 heterocycles. The summed E-state index contributed by atoms with van der Waals surface area (Å²) < 4.78 is 4.91. The van der Waals surface area contributed by atoms with Crippen LogP contribution in [-0.4, -0.2) is 28.8 Å². The van der Waals surface area contributed by atoms with E-state index >= 15 is 0 Å². The molecule has 2 rings (SSSR count). The van der Waals surface area contributed by atoms with Gasteiger partial charge in [-0.15, -0.1) is 0 Å². The normalized spacial score (nSPS) is 12.4. The molecule has 1 unspecified atom stereocenters. The molecule has 0 radical (unpaired) electrons. The minimum atomic E-state index is -0.749. The van der Waals surface area contributed by atoms with Gasteiger partial charge in [0.05, 0.1) is 5.71 Å². The summed E-state index contributed by atoms with van der Waals surface area (Å²) in [5.41, 5.74) is 2.13. The van der Waals surface area contributed by atoms with Crippen molar-refractivity contribution in [1.82, 2.24) is 5.16 Å². The molecule has 0 bridgehead atoms. The Kier molecular flexibility index (Phi) is 6.48. The minimum absolute atomic E-state index is 0.134. The highest BCUT2D eigenvalue weighted by molar-refractivity contribution is 5.99. The van der Waals surface area contributed by atoms with Crippen LogP contribution in [0.4, 0.5) is 11.5 Å². The molecular weight excluding hydrogens is 336 g/mol. The van der Waals surface area contributed by atoms with Crippen molar-refractivity contribution in [3.8, 4) is 0 Å². The van der Waals surface area contributed by atoms with E-state index in [-0.39, 0.29) is 11.8 Å². The Bertz CT molecular complexity index is 796. The van der Waals surface area contributed by atoms with Crippen LogP contribution in [0.2, 0.25) is 0 Å². The number of carbonyl (C=O) groups is 2. The van der Waals surface area contributed by atoms with Crippen molar-refractivity contribution in [1.29, 1.82) is 0 Å². The number of oxime groups is 1. The van der Waals surface area contributed by atoms with E-state index in [1.807, 2.05) is 19.1 Å². The maximum absolute atomic E-state index is 12.2. The van der Waals surface area contributed by atoms with Gasteiger partial charge in [0.15, 0.2) is 5.82 Å². The molecule has 8 nitrogen and oxygen atoms in total. The summed E-state index contributed by atoms with van der Waals surface area (Å²) in [6.07, 6.45) is -0.304. The zero-order valence-electron chi connectivity index (χ0n) is 15.2. The summed E-state index contributed by atoms with van der Waals surface area (Å²) in [4.78, 5) is 28.6. The largest absolute Gasteiger partial charge is 0.382 e. The van der Waals surface area contributed by atoms with Crippen molar-refractivity contribution >= 4 is 29.0 Å². The van der Waals surface area contributed by atoms with Crippen molar-refractivity contribution in [2.24, 2.45) is 5.16 Å². The first-order valence-corrected chi connectivity index (χ1v) is 8.21. The summed E-state index contributed by atoms with van der Waals surface area (Å²) in [7, 11) is 0. The van der Waals surface area contributed by atoms with E-state index in [1.54, 1.807) is 32.0 Å². The van der Waals surface area contributed by atoms with Crippen LogP contribution < -0.4 is 10.6 Å². The molecule has 0 saturated carbocycles. The number of nitrogens with zero attached hydrogens (tertiary/aromatic N) is 2. The maximum Gasteiger partial charge on any atom is 0.269 e. The van der Waals surface area contributed by atoms with Gasteiger partial charge < -0.3 is 20.0 Å². The number of rotatable bonds is 7. The van der Waals surface area contributed by atoms with E-state index in [9.17, 15) is 9.59 Å². The number of aryl methyl sites for hydroxylation is 1. The van der Waals surface area contributed by atoms with Gasteiger partial charge in [-0.25, -0.2) is 0 Å².